The average molecular weight is 251 g/mol. The molecule has 2 aromatic carbocycles. The summed E-state index contributed by atoms with van der Waals surface area (Å²) in [6, 6.07) is 14.6. The lowest BCUT2D eigenvalue weighted by atomic mass is 9.97. The van der Waals surface area contributed by atoms with E-state index >= 15 is 0 Å². The largest absolute Gasteiger partial charge is 0.497 e. The summed E-state index contributed by atoms with van der Waals surface area (Å²) in [5.41, 5.74) is 6.13. The Hall–Kier alpha value is -2.22. The fourth-order valence-corrected chi connectivity index (χ4v) is 2.62. The molecule has 1 aromatic heterocycles. The summed E-state index contributed by atoms with van der Waals surface area (Å²) < 4.78 is 5.35. The van der Waals surface area contributed by atoms with Crippen LogP contribution in [0, 0.1) is 13.8 Å². The zero-order valence-corrected chi connectivity index (χ0v) is 11.4. The van der Waals surface area contributed by atoms with Gasteiger partial charge in [-0.25, -0.2) is 0 Å². The van der Waals surface area contributed by atoms with Crippen LogP contribution in [-0.2, 0) is 0 Å². The second-order valence-corrected chi connectivity index (χ2v) is 4.85. The van der Waals surface area contributed by atoms with Crippen LogP contribution < -0.4 is 4.74 Å². The first-order valence-corrected chi connectivity index (χ1v) is 6.43. The Balaban J connectivity index is 2.32. The van der Waals surface area contributed by atoms with E-state index in [1.165, 1.54) is 33.3 Å². The van der Waals surface area contributed by atoms with E-state index in [2.05, 4.69) is 55.2 Å². The molecule has 0 fully saturated rings. The highest BCUT2D eigenvalue weighted by Gasteiger charge is 2.12. The number of ether oxygens (including phenoxy) is 1. The number of fused-ring (bicyclic) bond motifs is 1. The molecule has 2 heteroatoms. The molecule has 0 atom stereocenters. The molecule has 0 aliphatic carbocycles. The fourth-order valence-electron chi connectivity index (χ4n) is 2.62. The molecule has 0 aliphatic rings. The van der Waals surface area contributed by atoms with Gasteiger partial charge < -0.3 is 9.72 Å². The Bertz CT molecular complexity index is 740. The quantitative estimate of drug-likeness (QED) is 0.714. The molecule has 96 valence electrons. The van der Waals surface area contributed by atoms with Crippen LogP contribution in [0.25, 0.3) is 22.0 Å². The van der Waals surface area contributed by atoms with Crippen LogP contribution in [0.2, 0.25) is 0 Å². The lowest BCUT2D eigenvalue weighted by Crippen LogP contribution is -1.88. The normalized spacial score (nSPS) is 10.9. The first kappa shape index (κ1) is 11.8. The van der Waals surface area contributed by atoms with Crippen LogP contribution in [0.1, 0.15) is 11.3 Å². The van der Waals surface area contributed by atoms with Crippen molar-refractivity contribution in [3.63, 3.8) is 0 Å². The molecule has 0 saturated carbocycles. The molecule has 0 radical (unpaired) electrons. The van der Waals surface area contributed by atoms with E-state index < -0.39 is 0 Å². The Morgan fingerprint density at radius 2 is 1.79 bits per heavy atom. The Morgan fingerprint density at radius 3 is 2.58 bits per heavy atom. The van der Waals surface area contributed by atoms with Gasteiger partial charge in [0, 0.05) is 22.2 Å². The van der Waals surface area contributed by atoms with Crippen molar-refractivity contribution in [2.75, 3.05) is 7.11 Å². The van der Waals surface area contributed by atoms with E-state index in [-0.39, 0.29) is 0 Å². The highest BCUT2D eigenvalue weighted by molar-refractivity contribution is 5.98. The molecule has 0 amide bonds. The monoisotopic (exact) mass is 251 g/mol. The number of hydrogen-bond donors (Lipinski definition) is 1. The summed E-state index contributed by atoms with van der Waals surface area (Å²) in [5.74, 6) is 0.894. The molecule has 1 heterocycles. The SMILES string of the molecule is COc1ccc(C)c(-c2c(C)[nH]c3ccccc23)c1. The summed E-state index contributed by atoms with van der Waals surface area (Å²) in [6.07, 6.45) is 0. The lowest BCUT2D eigenvalue weighted by Gasteiger charge is -2.09. The molecule has 1 N–H and O–H groups in total. The first-order valence-electron chi connectivity index (χ1n) is 6.43. The zero-order valence-electron chi connectivity index (χ0n) is 11.4. The zero-order chi connectivity index (χ0) is 13.4. The van der Waals surface area contributed by atoms with Gasteiger partial charge in [0.1, 0.15) is 5.75 Å². The van der Waals surface area contributed by atoms with E-state index in [0.717, 1.165) is 5.75 Å². The van der Waals surface area contributed by atoms with Gasteiger partial charge in [-0.15, -0.1) is 0 Å². The number of nitrogens with one attached hydrogen (secondary N) is 1. The molecule has 0 spiro atoms. The fraction of sp³-hybridized carbons (Fsp3) is 0.176. The maximum absolute atomic E-state index is 5.35. The summed E-state index contributed by atoms with van der Waals surface area (Å²) in [5, 5.41) is 1.26. The van der Waals surface area contributed by atoms with Gasteiger partial charge in [-0.1, -0.05) is 24.3 Å². The molecule has 0 unspecified atom stereocenters. The number of rotatable bonds is 2. The number of methoxy groups -OCH3 is 1. The number of aromatic amines is 1. The average Bonchev–Trinajstić information content (AvgIpc) is 2.75. The molecule has 3 rings (SSSR count). The minimum absolute atomic E-state index is 0.894. The molecule has 3 aromatic rings. The first-order chi connectivity index (χ1) is 9.20. The van der Waals surface area contributed by atoms with Crippen molar-refractivity contribution in [2.24, 2.45) is 0 Å². The van der Waals surface area contributed by atoms with Gasteiger partial charge in [0.2, 0.25) is 0 Å². The van der Waals surface area contributed by atoms with E-state index in [9.17, 15) is 0 Å². The summed E-state index contributed by atoms with van der Waals surface area (Å²) >= 11 is 0. The number of hydrogen-bond acceptors (Lipinski definition) is 1. The van der Waals surface area contributed by atoms with Crippen molar-refractivity contribution in [2.45, 2.75) is 13.8 Å². The molecular formula is C17H17NO. The predicted molar refractivity (Wildman–Crippen MR) is 79.8 cm³/mol. The molecule has 0 saturated heterocycles. The number of aryl methyl sites for hydroxylation is 2. The van der Waals surface area contributed by atoms with Crippen LogP contribution in [0.4, 0.5) is 0 Å². The number of para-hydroxylation sites is 1. The Morgan fingerprint density at radius 1 is 1.00 bits per heavy atom. The van der Waals surface area contributed by atoms with Crippen molar-refractivity contribution in [1.82, 2.24) is 4.98 Å². The van der Waals surface area contributed by atoms with Gasteiger partial charge >= 0.3 is 0 Å². The van der Waals surface area contributed by atoms with Gasteiger partial charge in [0.05, 0.1) is 7.11 Å². The lowest BCUT2D eigenvalue weighted by molar-refractivity contribution is 0.415. The van der Waals surface area contributed by atoms with Crippen molar-refractivity contribution in [3.8, 4) is 16.9 Å². The minimum Gasteiger partial charge on any atom is -0.497 e. The van der Waals surface area contributed by atoms with Crippen LogP contribution in [-0.4, -0.2) is 12.1 Å². The van der Waals surface area contributed by atoms with E-state index in [0.29, 0.717) is 0 Å². The van der Waals surface area contributed by atoms with Crippen LogP contribution in [0.15, 0.2) is 42.5 Å². The minimum atomic E-state index is 0.894. The van der Waals surface area contributed by atoms with Gasteiger partial charge in [-0.05, 0) is 43.2 Å². The summed E-state index contributed by atoms with van der Waals surface area (Å²) in [7, 11) is 1.70. The Kier molecular flexibility index (Phi) is 2.79. The number of H-pyrrole nitrogens is 1. The molecule has 19 heavy (non-hydrogen) atoms. The molecular weight excluding hydrogens is 234 g/mol. The van der Waals surface area contributed by atoms with Gasteiger partial charge in [0.25, 0.3) is 0 Å². The maximum atomic E-state index is 5.35. The molecule has 0 aliphatic heterocycles. The van der Waals surface area contributed by atoms with Crippen LogP contribution in [0.5, 0.6) is 5.75 Å². The van der Waals surface area contributed by atoms with Crippen LogP contribution >= 0.6 is 0 Å². The molecule has 2 nitrogen and oxygen atoms in total. The third kappa shape index (κ3) is 1.89. The van der Waals surface area contributed by atoms with Crippen molar-refractivity contribution < 1.29 is 4.74 Å². The van der Waals surface area contributed by atoms with E-state index in [4.69, 9.17) is 4.74 Å². The smallest absolute Gasteiger partial charge is 0.119 e. The van der Waals surface area contributed by atoms with Gasteiger partial charge in [-0.2, -0.15) is 0 Å². The number of benzene rings is 2. The van der Waals surface area contributed by atoms with Crippen molar-refractivity contribution >= 4 is 10.9 Å². The van der Waals surface area contributed by atoms with Crippen LogP contribution in [0.3, 0.4) is 0 Å². The second kappa shape index (κ2) is 4.47. The third-order valence-electron chi connectivity index (χ3n) is 3.61. The van der Waals surface area contributed by atoms with Crippen molar-refractivity contribution in [3.05, 3.63) is 53.7 Å². The standard InChI is InChI=1S/C17H17NO/c1-11-8-9-13(19-3)10-15(11)17-12(2)18-16-7-5-4-6-14(16)17/h4-10,18H,1-3H3. The topological polar surface area (TPSA) is 25.0 Å². The van der Waals surface area contributed by atoms with E-state index in [1.54, 1.807) is 7.11 Å². The highest BCUT2D eigenvalue weighted by atomic mass is 16.5. The number of aromatic nitrogens is 1. The predicted octanol–water partition coefficient (Wildman–Crippen LogP) is 4.46. The maximum Gasteiger partial charge on any atom is 0.119 e. The Labute approximate surface area is 113 Å². The highest BCUT2D eigenvalue weighted by Crippen LogP contribution is 2.35. The molecule has 0 bridgehead atoms. The van der Waals surface area contributed by atoms with Gasteiger partial charge in [-0.3, -0.25) is 0 Å². The second-order valence-electron chi connectivity index (χ2n) is 4.85. The summed E-state index contributed by atoms with van der Waals surface area (Å²) in [4.78, 5) is 3.45. The van der Waals surface area contributed by atoms with Gasteiger partial charge in [0.15, 0.2) is 0 Å². The van der Waals surface area contributed by atoms with Crippen molar-refractivity contribution in [1.29, 1.82) is 0 Å². The van der Waals surface area contributed by atoms with E-state index in [1.807, 2.05) is 6.07 Å². The third-order valence-corrected chi connectivity index (χ3v) is 3.61. The summed E-state index contributed by atoms with van der Waals surface area (Å²) in [6.45, 7) is 4.25.